The summed E-state index contributed by atoms with van der Waals surface area (Å²) in [4.78, 5) is 14.2. The van der Waals surface area contributed by atoms with Gasteiger partial charge in [-0.15, -0.1) is 0 Å². The number of halogens is 2. The van der Waals surface area contributed by atoms with E-state index in [0.717, 1.165) is 17.3 Å². The SMILES string of the molecule is O=C(c1cc(Br)ccc1F)N1CCC2CCC(C1)N2. The molecule has 2 bridgehead atoms. The minimum atomic E-state index is -0.449. The highest BCUT2D eigenvalue weighted by atomic mass is 79.9. The highest BCUT2D eigenvalue weighted by molar-refractivity contribution is 9.10. The third-order valence-electron chi connectivity index (χ3n) is 3.97. The van der Waals surface area contributed by atoms with Gasteiger partial charge in [0.15, 0.2) is 0 Å². The Morgan fingerprint density at radius 2 is 2.11 bits per heavy atom. The topological polar surface area (TPSA) is 32.3 Å². The normalized spacial score (nSPS) is 26.3. The van der Waals surface area contributed by atoms with Crippen molar-refractivity contribution in [3.05, 3.63) is 34.1 Å². The second-order valence-electron chi connectivity index (χ2n) is 5.30. The number of rotatable bonds is 1. The van der Waals surface area contributed by atoms with Gasteiger partial charge in [0.2, 0.25) is 0 Å². The van der Waals surface area contributed by atoms with Crippen LogP contribution in [0, 0.1) is 5.82 Å². The molecule has 1 aromatic rings. The number of nitrogens with zero attached hydrogens (tertiary/aromatic N) is 1. The van der Waals surface area contributed by atoms with Crippen LogP contribution in [0.4, 0.5) is 4.39 Å². The number of hydrogen-bond acceptors (Lipinski definition) is 2. The average Bonchev–Trinajstić information content (AvgIpc) is 2.71. The molecule has 2 saturated heterocycles. The molecule has 2 aliphatic heterocycles. The lowest BCUT2D eigenvalue weighted by Gasteiger charge is -2.24. The lowest BCUT2D eigenvalue weighted by atomic mass is 10.1. The molecular weight excluding hydrogens is 311 g/mol. The van der Waals surface area contributed by atoms with Crippen molar-refractivity contribution in [1.82, 2.24) is 10.2 Å². The van der Waals surface area contributed by atoms with E-state index < -0.39 is 5.82 Å². The molecule has 0 aromatic heterocycles. The zero-order valence-corrected chi connectivity index (χ0v) is 12.1. The molecule has 0 aliphatic carbocycles. The maximum absolute atomic E-state index is 13.8. The molecule has 1 N–H and O–H groups in total. The van der Waals surface area contributed by atoms with Crippen LogP contribution in [0.1, 0.15) is 29.6 Å². The van der Waals surface area contributed by atoms with E-state index in [-0.39, 0.29) is 11.5 Å². The third-order valence-corrected chi connectivity index (χ3v) is 4.46. The van der Waals surface area contributed by atoms with E-state index in [9.17, 15) is 9.18 Å². The van der Waals surface area contributed by atoms with Crippen molar-refractivity contribution in [3.63, 3.8) is 0 Å². The van der Waals surface area contributed by atoms with Gasteiger partial charge in [0.05, 0.1) is 5.56 Å². The summed E-state index contributed by atoms with van der Waals surface area (Å²) in [6.07, 6.45) is 3.26. The van der Waals surface area contributed by atoms with Crippen LogP contribution in [0.5, 0.6) is 0 Å². The van der Waals surface area contributed by atoms with Crippen LogP contribution < -0.4 is 5.32 Å². The monoisotopic (exact) mass is 326 g/mol. The molecule has 3 nitrogen and oxygen atoms in total. The molecule has 0 radical (unpaired) electrons. The summed E-state index contributed by atoms with van der Waals surface area (Å²) in [7, 11) is 0. The molecular formula is C14H16BrFN2O. The molecule has 19 heavy (non-hydrogen) atoms. The Morgan fingerprint density at radius 1 is 1.32 bits per heavy atom. The molecule has 2 atom stereocenters. The number of likely N-dealkylation sites (tertiary alicyclic amines) is 1. The van der Waals surface area contributed by atoms with Crippen molar-refractivity contribution in [2.75, 3.05) is 13.1 Å². The number of nitrogens with one attached hydrogen (secondary N) is 1. The average molecular weight is 327 g/mol. The van der Waals surface area contributed by atoms with E-state index in [2.05, 4.69) is 21.2 Å². The van der Waals surface area contributed by atoms with Gasteiger partial charge in [-0.3, -0.25) is 4.79 Å². The van der Waals surface area contributed by atoms with Crippen LogP contribution in [0.25, 0.3) is 0 Å². The van der Waals surface area contributed by atoms with Crippen LogP contribution >= 0.6 is 15.9 Å². The van der Waals surface area contributed by atoms with Crippen molar-refractivity contribution >= 4 is 21.8 Å². The van der Waals surface area contributed by atoms with Crippen LogP contribution in [0.3, 0.4) is 0 Å². The molecule has 0 spiro atoms. The lowest BCUT2D eigenvalue weighted by molar-refractivity contribution is 0.0743. The van der Waals surface area contributed by atoms with Crippen molar-refractivity contribution in [1.29, 1.82) is 0 Å². The predicted octanol–water partition coefficient (Wildman–Crippen LogP) is 2.55. The van der Waals surface area contributed by atoms with Crippen LogP contribution in [-0.2, 0) is 0 Å². The zero-order chi connectivity index (χ0) is 13.4. The fourth-order valence-electron chi connectivity index (χ4n) is 2.96. The smallest absolute Gasteiger partial charge is 0.256 e. The fraction of sp³-hybridized carbons (Fsp3) is 0.500. The Hall–Kier alpha value is -0.940. The number of carbonyl (C=O) groups excluding carboxylic acids is 1. The van der Waals surface area contributed by atoms with Gasteiger partial charge in [0, 0.05) is 29.6 Å². The first-order valence-corrected chi connectivity index (χ1v) is 7.43. The molecule has 3 rings (SSSR count). The first-order valence-electron chi connectivity index (χ1n) is 6.64. The molecule has 5 heteroatoms. The summed E-state index contributed by atoms with van der Waals surface area (Å²) < 4.78 is 14.5. The van der Waals surface area contributed by atoms with E-state index >= 15 is 0 Å². The predicted molar refractivity (Wildman–Crippen MR) is 74.6 cm³/mol. The number of hydrogen-bond donors (Lipinski definition) is 1. The first kappa shape index (κ1) is 13.1. The number of fused-ring (bicyclic) bond motifs is 2. The quantitative estimate of drug-likeness (QED) is 0.860. The van der Waals surface area contributed by atoms with E-state index in [1.807, 2.05) is 0 Å². The van der Waals surface area contributed by atoms with Gasteiger partial charge in [0.1, 0.15) is 5.82 Å². The number of amides is 1. The molecule has 1 aromatic carbocycles. The van der Waals surface area contributed by atoms with Crippen LogP contribution in [-0.4, -0.2) is 36.0 Å². The summed E-state index contributed by atoms with van der Waals surface area (Å²) in [5.41, 5.74) is 0.159. The van der Waals surface area contributed by atoms with Gasteiger partial charge in [-0.25, -0.2) is 4.39 Å². The fourth-order valence-corrected chi connectivity index (χ4v) is 3.32. The van der Waals surface area contributed by atoms with E-state index in [4.69, 9.17) is 0 Å². The Bertz CT molecular complexity index is 508. The molecule has 2 unspecified atom stereocenters. The Labute approximate surface area is 120 Å². The van der Waals surface area contributed by atoms with E-state index in [0.29, 0.717) is 25.2 Å². The van der Waals surface area contributed by atoms with Crippen molar-refractivity contribution in [2.45, 2.75) is 31.3 Å². The maximum Gasteiger partial charge on any atom is 0.256 e. The van der Waals surface area contributed by atoms with Crippen molar-refractivity contribution < 1.29 is 9.18 Å². The molecule has 0 saturated carbocycles. The van der Waals surface area contributed by atoms with Crippen molar-refractivity contribution in [3.8, 4) is 0 Å². The third kappa shape index (κ3) is 2.67. The Morgan fingerprint density at radius 3 is 2.95 bits per heavy atom. The van der Waals surface area contributed by atoms with E-state index in [1.165, 1.54) is 12.5 Å². The second-order valence-corrected chi connectivity index (χ2v) is 6.22. The van der Waals surface area contributed by atoms with Crippen molar-refractivity contribution in [2.24, 2.45) is 0 Å². The number of benzene rings is 1. The largest absolute Gasteiger partial charge is 0.337 e. The van der Waals surface area contributed by atoms with Gasteiger partial charge >= 0.3 is 0 Å². The minimum Gasteiger partial charge on any atom is -0.337 e. The van der Waals surface area contributed by atoms with Crippen LogP contribution in [0.15, 0.2) is 22.7 Å². The molecule has 102 valence electrons. The highest BCUT2D eigenvalue weighted by Gasteiger charge is 2.32. The van der Waals surface area contributed by atoms with Gasteiger partial charge in [-0.1, -0.05) is 15.9 Å². The molecule has 2 aliphatic rings. The van der Waals surface area contributed by atoms with Gasteiger partial charge in [-0.05, 0) is 37.5 Å². The standard InChI is InChI=1S/C14H16BrFN2O/c15-9-1-4-13(16)12(7-9)14(19)18-6-5-10-2-3-11(8-18)17-10/h1,4,7,10-11,17H,2-3,5-6,8H2. The summed E-state index contributed by atoms with van der Waals surface area (Å²) >= 11 is 3.29. The summed E-state index contributed by atoms with van der Waals surface area (Å²) in [6.45, 7) is 1.39. The maximum atomic E-state index is 13.8. The van der Waals surface area contributed by atoms with Crippen LogP contribution in [0.2, 0.25) is 0 Å². The van der Waals surface area contributed by atoms with Gasteiger partial charge in [-0.2, -0.15) is 0 Å². The lowest BCUT2D eigenvalue weighted by Crippen LogP contribution is -2.39. The summed E-state index contributed by atoms with van der Waals surface area (Å²) in [6, 6.07) is 5.40. The minimum absolute atomic E-state index is 0.159. The highest BCUT2D eigenvalue weighted by Crippen LogP contribution is 2.23. The zero-order valence-electron chi connectivity index (χ0n) is 10.5. The van der Waals surface area contributed by atoms with E-state index in [1.54, 1.807) is 17.0 Å². The Kier molecular flexibility index (Phi) is 3.58. The second kappa shape index (κ2) is 5.21. The summed E-state index contributed by atoms with van der Waals surface area (Å²) in [5.74, 6) is -0.649. The van der Waals surface area contributed by atoms with Gasteiger partial charge in [0.25, 0.3) is 5.91 Å². The molecule has 1 amide bonds. The number of carbonyl (C=O) groups is 1. The summed E-state index contributed by atoms with van der Waals surface area (Å²) in [5, 5.41) is 3.52. The first-order chi connectivity index (χ1) is 9.13. The molecule has 2 heterocycles. The molecule has 2 fully saturated rings. The Balaban J connectivity index is 1.81. The van der Waals surface area contributed by atoms with Gasteiger partial charge < -0.3 is 10.2 Å².